The molecular formula is C16H22N2O4. The predicted molar refractivity (Wildman–Crippen MR) is 81.3 cm³/mol. The molecule has 0 aromatic heterocycles. The third-order valence-electron chi connectivity index (χ3n) is 3.91. The van der Waals surface area contributed by atoms with Crippen molar-refractivity contribution in [3.63, 3.8) is 0 Å². The summed E-state index contributed by atoms with van der Waals surface area (Å²) in [6.07, 6.45) is 1.04. The second-order valence-corrected chi connectivity index (χ2v) is 5.51. The number of urea groups is 1. The molecule has 1 aromatic carbocycles. The van der Waals surface area contributed by atoms with E-state index in [2.05, 4.69) is 5.32 Å². The van der Waals surface area contributed by atoms with Gasteiger partial charge in [-0.2, -0.15) is 0 Å². The molecule has 0 atom stereocenters. The molecule has 1 aliphatic rings. The summed E-state index contributed by atoms with van der Waals surface area (Å²) in [6, 6.07) is 7.74. The number of methoxy groups -OCH3 is 1. The summed E-state index contributed by atoms with van der Waals surface area (Å²) in [6.45, 7) is 2.03. The largest absolute Gasteiger partial charge is 0.481 e. The van der Waals surface area contributed by atoms with Gasteiger partial charge >= 0.3 is 12.0 Å². The summed E-state index contributed by atoms with van der Waals surface area (Å²) in [7, 11) is 1.65. The fourth-order valence-corrected chi connectivity index (χ4v) is 2.54. The second-order valence-electron chi connectivity index (χ2n) is 5.51. The number of hydrogen-bond acceptors (Lipinski definition) is 3. The van der Waals surface area contributed by atoms with Crippen LogP contribution in [-0.2, 0) is 22.7 Å². The highest BCUT2D eigenvalue weighted by molar-refractivity contribution is 5.75. The minimum atomic E-state index is -0.767. The van der Waals surface area contributed by atoms with Gasteiger partial charge in [-0.05, 0) is 24.0 Å². The van der Waals surface area contributed by atoms with Crippen LogP contribution < -0.4 is 5.32 Å². The number of rotatable bonds is 5. The first-order chi connectivity index (χ1) is 10.6. The van der Waals surface area contributed by atoms with Gasteiger partial charge in [0.15, 0.2) is 0 Å². The van der Waals surface area contributed by atoms with Crippen LogP contribution in [0, 0.1) is 5.92 Å². The van der Waals surface area contributed by atoms with Crippen LogP contribution in [0.2, 0.25) is 0 Å². The van der Waals surface area contributed by atoms with E-state index in [0.717, 1.165) is 11.1 Å². The third kappa shape index (κ3) is 4.46. The van der Waals surface area contributed by atoms with E-state index in [4.69, 9.17) is 9.84 Å². The number of hydrogen-bond donors (Lipinski definition) is 2. The quantitative estimate of drug-likeness (QED) is 0.870. The minimum Gasteiger partial charge on any atom is -0.481 e. The molecule has 2 N–H and O–H groups in total. The van der Waals surface area contributed by atoms with Crippen LogP contribution in [0.1, 0.15) is 24.0 Å². The lowest BCUT2D eigenvalue weighted by molar-refractivity contribution is -0.143. The van der Waals surface area contributed by atoms with Crippen LogP contribution in [0.5, 0.6) is 0 Å². The van der Waals surface area contributed by atoms with Crippen molar-refractivity contribution in [2.24, 2.45) is 5.92 Å². The molecule has 6 nitrogen and oxygen atoms in total. The van der Waals surface area contributed by atoms with Crippen molar-refractivity contribution in [2.75, 3.05) is 20.2 Å². The zero-order valence-corrected chi connectivity index (χ0v) is 12.7. The Morgan fingerprint density at radius 2 is 1.82 bits per heavy atom. The molecule has 1 fully saturated rings. The Morgan fingerprint density at radius 3 is 2.36 bits per heavy atom. The molecule has 1 aromatic rings. The number of benzene rings is 1. The Bertz CT molecular complexity index is 507. The maximum absolute atomic E-state index is 12.1. The molecule has 0 saturated carbocycles. The van der Waals surface area contributed by atoms with Gasteiger partial charge < -0.3 is 20.1 Å². The lowest BCUT2D eigenvalue weighted by atomic mass is 9.97. The highest BCUT2D eigenvalue weighted by Crippen LogP contribution is 2.17. The average molecular weight is 306 g/mol. The molecule has 1 saturated heterocycles. The molecule has 6 heteroatoms. The second kappa shape index (κ2) is 7.79. The lowest BCUT2D eigenvalue weighted by Crippen LogP contribution is -2.45. The number of carboxylic acid groups (broad SMARTS) is 1. The first-order valence-electron chi connectivity index (χ1n) is 7.42. The summed E-state index contributed by atoms with van der Waals surface area (Å²) in [5.41, 5.74) is 2.11. The smallest absolute Gasteiger partial charge is 0.317 e. The van der Waals surface area contributed by atoms with E-state index >= 15 is 0 Å². The summed E-state index contributed by atoms with van der Waals surface area (Å²) in [4.78, 5) is 24.6. The Hall–Kier alpha value is -2.08. The number of likely N-dealkylation sites (tertiary alicyclic amines) is 1. The van der Waals surface area contributed by atoms with E-state index in [9.17, 15) is 9.59 Å². The van der Waals surface area contributed by atoms with Crippen molar-refractivity contribution < 1.29 is 19.4 Å². The maximum atomic E-state index is 12.1. The third-order valence-corrected chi connectivity index (χ3v) is 3.91. The molecule has 2 amide bonds. The highest BCUT2D eigenvalue weighted by Gasteiger charge is 2.26. The number of nitrogens with zero attached hydrogens (tertiary/aromatic N) is 1. The van der Waals surface area contributed by atoms with Gasteiger partial charge in [0.05, 0.1) is 12.5 Å². The fourth-order valence-electron chi connectivity index (χ4n) is 2.54. The first-order valence-corrected chi connectivity index (χ1v) is 7.42. The van der Waals surface area contributed by atoms with Crippen LogP contribution in [-0.4, -0.2) is 42.2 Å². The molecule has 22 heavy (non-hydrogen) atoms. The molecule has 0 bridgehead atoms. The van der Waals surface area contributed by atoms with E-state index in [-0.39, 0.29) is 11.9 Å². The summed E-state index contributed by atoms with van der Waals surface area (Å²) in [5.74, 6) is -1.09. The van der Waals surface area contributed by atoms with Crippen molar-refractivity contribution in [1.82, 2.24) is 10.2 Å². The van der Waals surface area contributed by atoms with Gasteiger partial charge in [-0.25, -0.2) is 4.79 Å². The first kappa shape index (κ1) is 16.3. The SMILES string of the molecule is COCc1ccc(CNC(=O)N2CCC(C(=O)O)CC2)cc1. The van der Waals surface area contributed by atoms with Gasteiger partial charge in [0.1, 0.15) is 0 Å². The van der Waals surface area contributed by atoms with Gasteiger partial charge in [0.2, 0.25) is 0 Å². The normalized spacial score (nSPS) is 15.6. The number of ether oxygens (including phenoxy) is 1. The van der Waals surface area contributed by atoms with Gasteiger partial charge in [-0.15, -0.1) is 0 Å². The number of carbonyl (C=O) groups excluding carboxylic acids is 1. The van der Waals surface area contributed by atoms with Crippen LogP contribution in [0.4, 0.5) is 4.79 Å². The zero-order valence-electron chi connectivity index (χ0n) is 12.7. The molecule has 0 spiro atoms. The number of nitrogens with one attached hydrogen (secondary N) is 1. The number of carboxylic acids is 1. The molecule has 120 valence electrons. The molecule has 1 heterocycles. The molecule has 0 unspecified atom stereocenters. The van der Waals surface area contributed by atoms with Crippen molar-refractivity contribution in [2.45, 2.75) is 26.0 Å². The van der Waals surface area contributed by atoms with E-state index in [1.807, 2.05) is 24.3 Å². The van der Waals surface area contributed by atoms with Crippen molar-refractivity contribution in [1.29, 1.82) is 0 Å². The average Bonchev–Trinajstić information content (AvgIpc) is 2.54. The summed E-state index contributed by atoms with van der Waals surface area (Å²) >= 11 is 0. The Labute approximate surface area is 130 Å². The summed E-state index contributed by atoms with van der Waals surface area (Å²) < 4.78 is 5.05. The van der Waals surface area contributed by atoms with E-state index < -0.39 is 5.97 Å². The Morgan fingerprint density at radius 1 is 1.23 bits per heavy atom. The van der Waals surface area contributed by atoms with Gasteiger partial charge in [0.25, 0.3) is 0 Å². The Kier molecular flexibility index (Phi) is 5.77. The van der Waals surface area contributed by atoms with Crippen LogP contribution >= 0.6 is 0 Å². The molecule has 0 aliphatic carbocycles. The van der Waals surface area contributed by atoms with E-state index in [1.54, 1.807) is 12.0 Å². The fraction of sp³-hybridized carbons (Fsp3) is 0.500. The monoisotopic (exact) mass is 306 g/mol. The molecular weight excluding hydrogens is 284 g/mol. The standard InChI is InChI=1S/C16H22N2O4/c1-22-11-13-4-2-12(3-5-13)10-17-16(21)18-8-6-14(7-9-18)15(19)20/h2-5,14H,6-11H2,1H3,(H,17,21)(H,19,20). The summed E-state index contributed by atoms with van der Waals surface area (Å²) in [5, 5.41) is 11.8. The number of aliphatic carboxylic acids is 1. The number of carbonyl (C=O) groups is 2. The molecule has 0 radical (unpaired) electrons. The van der Waals surface area contributed by atoms with Gasteiger partial charge in [-0.3, -0.25) is 4.79 Å². The zero-order chi connectivity index (χ0) is 15.9. The van der Waals surface area contributed by atoms with Gasteiger partial charge in [-0.1, -0.05) is 24.3 Å². The molecule has 2 rings (SSSR count). The van der Waals surface area contributed by atoms with Crippen molar-refractivity contribution in [3.05, 3.63) is 35.4 Å². The predicted octanol–water partition coefficient (Wildman–Crippen LogP) is 1.84. The van der Waals surface area contributed by atoms with E-state index in [1.165, 1.54) is 0 Å². The maximum Gasteiger partial charge on any atom is 0.317 e. The number of piperidine rings is 1. The minimum absolute atomic E-state index is 0.134. The lowest BCUT2D eigenvalue weighted by Gasteiger charge is -2.30. The number of amides is 2. The topological polar surface area (TPSA) is 78.9 Å². The highest BCUT2D eigenvalue weighted by atomic mass is 16.5. The van der Waals surface area contributed by atoms with Crippen LogP contribution in [0.15, 0.2) is 24.3 Å². The van der Waals surface area contributed by atoms with E-state index in [0.29, 0.717) is 39.1 Å². The van der Waals surface area contributed by atoms with Gasteiger partial charge in [0, 0.05) is 26.7 Å². The van der Waals surface area contributed by atoms with Crippen LogP contribution in [0.25, 0.3) is 0 Å². The molecule has 1 aliphatic heterocycles. The van der Waals surface area contributed by atoms with Crippen LogP contribution in [0.3, 0.4) is 0 Å². The Balaban J connectivity index is 1.77. The van der Waals surface area contributed by atoms with Crippen molar-refractivity contribution >= 4 is 12.0 Å². The van der Waals surface area contributed by atoms with Crippen molar-refractivity contribution in [3.8, 4) is 0 Å².